The van der Waals surface area contributed by atoms with Crippen LogP contribution in [0.1, 0.15) is 29.7 Å². The second-order valence-electron chi connectivity index (χ2n) is 7.43. The number of pyridine rings is 1. The van der Waals surface area contributed by atoms with E-state index in [4.69, 9.17) is 16.3 Å². The molecule has 4 heterocycles. The van der Waals surface area contributed by atoms with E-state index < -0.39 is 6.10 Å². The van der Waals surface area contributed by atoms with Crippen molar-refractivity contribution < 1.29 is 9.53 Å². The quantitative estimate of drug-likeness (QED) is 0.593. The normalized spacial score (nSPS) is 18.3. The first-order chi connectivity index (χ1) is 14.1. The maximum absolute atomic E-state index is 13.0. The van der Waals surface area contributed by atoms with Crippen LogP contribution in [-0.4, -0.2) is 35.0 Å². The zero-order chi connectivity index (χ0) is 20.0. The first kappa shape index (κ1) is 18.4. The highest BCUT2D eigenvalue weighted by molar-refractivity contribution is 7.20. The fourth-order valence-electron chi connectivity index (χ4n) is 4.19. The highest BCUT2D eigenvalue weighted by atomic mass is 35.5. The number of ether oxygens (including phenoxy) is 1. The van der Waals surface area contributed by atoms with E-state index in [0.29, 0.717) is 22.1 Å². The van der Waals surface area contributed by atoms with E-state index >= 15 is 0 Å². The lowest BCUT2D eigenvalue weighted by atomic mass is 10.0. The van der Waals surface area contributed by atoms with Crippen molar-refractivity contribution in [3.63, 3.8) is 0 Å². The molecule has 1 unspecified atom stereocenters. The van der Waals surface area contributed by atoms with Crippen molar-refractivity contribution in [1.82, 2.24) is 9.88 Å². The molecule has 1 saturated heterocycles. The van der Waals surface area contributed by atoms with Gasteiger partial charge in [-0.25, -0.2) is 0 Å². The Labute approximate surface area is 177 Å². The summed E-state index contributed by atoms with van der Waals surface area (Å²) in [7, 11) is 0. The smallest absolute Gasteiger partial charge is 0.263 e. The molecular weight excluding hydrogens is 406 g/mol. The minimum atomic E-state index is -0.504. The van der Waals surface area contributed by atoms with Crippen LogP contribution in [0.4, 0.5) is 0 Å². The molecule has 2 aromatic heterocycles. The molecular formula is C22H18ClN3O2S. The van der Waals surface area contributed by atoms with Crippen LogP contribution in [0.3, 0.4) is 0 Å². The number of hydrogen-bond donors (Lipinski definition) is 0. The van der Waals surface area contributed by atoms with Crippen molar-refractivity contribution >= 4 is 39.1 Å². The SMILES string of the molecule is N#Cc1cc2nccc(-c3cc(Cl)cc4c3OC(C(=O)N3CCCCC3)C4)c2s1. The Balaban J connectivity index is 1.55. The topological polar surface area (TPSA) is 66.2 Å². The van der Waals surface area contributed by atoms with E-state index in [9.17, 15) is 10.1 Å². The third-order valence-electron chi connectivity index (χ3n) is 5.55. The summed E-state index contributed by atoms with van der Waals surface area (Å²) in [6.45, 7) is 1.61. The van der Waals surface area contributed by atoms with E-state index in [2.05, 4.69) is 11.1 Å². The number of rotatable bonds is 2. The van der Waals surface area contributed by atoms with Gasteiger partial charge < -0.3 is 9.64 Å². The van der Waals surface area contributed by atoms with Gasteiger partial charge in [0.15, 0.2) is 6.10 Å². The molecule has 0 N–H and O–H groups in total. The van der Waals surface area contributed by atoms with Crippen LogP contribution >= 0.6 is 22.9 Å². The van der Waals surface area contributed by atoms with Crippen LogP contribution in [0, 0.1) is 11.3 Å². The van der Waals surface area contributed by atoms with Crippen LogP contribution in [0.25, 0.3) is 21.3 Å². The fraction of sp³-hybridized carbons (Fsp3) is 0.318. The van der Waals surface area contributed by atoms with Crippen molar-refractivity contribution in [3.8, 4) is 22.9 Å². The number of nitriles is 1. The Kier molecular flexibility index (Phi) is 4.65. The maximum atomic E-state index is 13.0. The molecule has 2 aliphatic rings. The fourth-order valence-corrected chi connectivity index (χ4v) is 5.37. The van der Waals surface area contributed by atoms with Crippen LogP contribution in [0.2, 0.25) is 5.02 Å². The lowest BCUT2D eigenvalue weighted by Gasteiger charge is -2.28. The molecule has 0 saturated carbocycles. The van der Waals surface area contributed by atoms with Gasteiger partial charge >= 0.3 is 0 Å². The van der Waals surface area contributed by atoms with Crippen LogP contribution in [-0.2, 0) is 11.2 Å². The lowest BCUT2D eigenvalue weighted by molar-refractivity contribution is -0.138. The summed E-state index contributed by atoms with van der Waals surface area (Å²) >= 11 is 7.83. The standard InChI is InChI=1S/C22H18ClN3O2S/c23-14-8-13-9-19(22(27)26-6-2-1-3-7-26)28-20(13)17(10-14)16-4-5-25-18-11-15(12-24)29-21(16)18/h4-5,8,10-11,19H,1-3,6-7,9H2. The summed E-state index contributed by atoms with van der Waals surface area (Å²) in [5.41, 5.74) is 3.49. The molecule has 29 heavy (non-hydrogen) atoms. The number of amides is 1. The third-order valence-corrected chi connectivity index (χ3v) is 6.83. The number of fused-ring (bicyclic) bond motifs is 2. The third kappa shape index (κ3) is 3.25. The highest BCUT2D eigenvalue weighted by Gasteiger charge is 2.35. The molecule has 0 radical (unpaired) electrons. The van der Waals surface area contributed by atoms with E-state index in [0.717, 1.165) is 52.8 Å². The summed E-state index contributed by atoms with van der Waals surface area (Å²) in [6.07, 6.45) is 5.04. The summed E-state index contributed by atoms with van der Waals surface area (Å²) in [6, 6.07) is 9.65. The van der Waals surface area contributed by atoms with Crippen LogP contribution in [0.15, 0.2) is 30.5 Å². The van der Waals surface area contributed by atoms with Crippen molar-refractivity contribution in [2.45, 2.75) is 31.8 Å². The predicted octanol–water partition coefficient (Wildman–Crippen LogP) is 4.80. The molecule has 5 nitrogen and oxygen atoms in total. The van der Waals surface area contributed by atoms with Gasteiger partial charge in [-0.1, -0.05) is 11.6 Å². The van der Waals surface area contributed by atoms with Crippen molar-refractivity contribution in [2.24, 2.45) is 0 Å². The molecule has 0 aliphatic carbocycles. The Morgan fingerprint density at radius 3 is 2.86 bits per heavy atom. The van der Waals surface area contributed by atoms with E-state index in [1.165, 1.54) is 17.8 Å². The molecule has 0 bridgehead atoms. The van der Waals surface area contributed by atoms with Gasteiger partial charge in [0.2, 0.25) is 0 Å². The number of halogens is 1. The first-order valence-electron chi connectivity index (χ1n) is 9.71. The second kappa shape index (κ2) is 7.33. The molecule has 1 fully saturated rings. The summed E-state index contributed by atoms with van der Waals surface area (Å²) in [4.78, 5) is 19.9. The van der Waals surface area contributed by atoms with Crippen molar-refractivity contribution in [2.75, 3.05) is 13.1 Å². The molecule has 2 aliphatic heterocycles. The van der Waals surface area contributed by atoms with Gasteiger partial charge in [-0.15, -0.1) is 11.3 Å². The van der Waals surface area contributed by atoms with Gasteiger partial charge in [0, 0.05) is 47.4 Å². The first-order valence-corrected chi connectivity index (χ1v) is 10.9. The van der Waals surface area contributed by atoms with Crippen molar-refractivity contribution in [1.29, 1.82) is 5.26 Å². The average molecular weight is 424 g/mol. The Morgan fingerprint density at radius 1 is 1.24 bits per heavy atom. The zero-order valence-electron chi connectivity index (χ0n) is 15.7. The van der Waals surface area contributed by atoms with Crippen LogP contribution < -0.4 is 4.74 Å². The molecule has 5 rings (SSSR count). The number of aromatic nitrogens is 1. The molecule has 0 spiro atoms. The Morgan fingerprint density at radius 2 is 2.07 bits per heavy atom. The predicted molar refractivity (Wildman–Crippen MR) is 113 cm³/mol. The number of likely N-dealkylation sites (tertiary alicyclic amines) is 1. The molecule has 1 aromatic carbocycles. The number of nitrogens with zero attached hydrogens (tertiary/aromatic N) is 3. The molecule has 146 valence electrons. The lowest BCUT2D eigenvalue weighted by Crippen LogP contribution is -2.43. The largest absolute Gasteiger partial charge is 0.479 e. The van der Waals surface area contributed by atoms with Gasteiger partial charge in [-0.2, -0.15) is 5.26 Å². The molecule has 1 atom stereocenters. The highest BCUT2D eigenvalue weighted by Crippen LogP contribution is 2.44. The summed E-state index contributed by atoms with van der Waals surface area (Å²) in [5.74, 6) is 0.773. The van der Waals surface area contributed by atoms with Gasteiger partial charge in [0.05, 0.1) is 10.2 Å². The second-order valence-corrected chi connectivity index (χ2v) is 8.92. The van der Waals surface area contributed by atoms with E-state index in [-0.39, 0.29) is 5.91 Å². The van der Waals surface area contributed by atoms with Gasteiger partial charge in [0.25, 0.3) is 5.91 Å². The van der Waals surface area contributed by atoms with Gasteiger partial charge in [-0.3, -0.25) is 9.78 Å². The molecule has 7 heteroatoms. The molecule has 3 aromatic rings. The number of thiophene rings is 1. The number of piperidine rings is 1. The van der Waals surface area contributed by atoms with Crippen LogP contribution in [0.5, 0.6) is 5.75 Å². The number of carbonyl (C=O) groups excluding carboxylic acids is 1. The minimum absolute atomic E-state index is 0.0609. The zero-order valence-corrected chi connectivity index (χ0v) is 17.2. The monoisotopic (exact) mass is 423 g/mol. The Bertz CT molecular complexity index is 1160. The van der Waals surface area contributed by atoms with Gasteiger partial charge in [0.1, 0.15) is 16.7 Å². The van der Waals surface area contributed by atoms with Crippen molar-refractivity contribution in [3.05, 3.63) is 45.9 Å². The number of hydrogen-bond acceptors (Lipinski definition) is 5. The number of carbonyl (C=O) groups is 1. The van der Waals surface area contributed by atoms with E-state index in [1.807, 2.05) is 23.1 Å². The molecule has 1 amide bonds. The Hall–Kier alpha value is -2.62. The van der Waals surface area contributed by atoms with E-state index in [1.54, 1.807) is 12.3 Å². The summed E-state index contributed by atoms with van der Waals surface area (Å²) < 4.78 is 7.13. The minimum Gasteiger partial charge on any atom is -0.479 e. The average Bonchev–Trinajstić information content (AvgIpc) is 3.36. The van der Waals surface area contributed by atoms with Gasteiger partial charge in [-0.05, 0) is 43.5 Å². The maximum Gasteiger partial charge on any atom is 0.263 e. The summed E-state index contributed by atoms with van der Waals surface area (Å²) in [5, 5.41) is 9.87. The number of benzene rings is 1.